The Morgan fingerprint density at radius 3 is 1.39 bits per heavy atom. The average molecular weight is 987 g/mol. The molecule has 0 aliphatic heterocycles. The molecule has 1 aliphatic carbocycles. The molecule has 326 valence electrons. The van der Waals surface area contributed by atoms with E-state index in [-0.39, 0.29) is 23.1 Å². The number of alkyl halides is 9. The van der Waals surface area contributed by atoms with Crippen molar-refractivity contribution in [2.24, 2.45) is 5.92 Å². The SMILES string of the molecule is CC1CCC(c2cc3c(-c4ccc(C(C)(C)C)cc4)cccc3[cH-]2)CC1.C[Si]C.Cc1cc2c(-c3ccc(C(C(F)(F)F)(C(F)(F)F)C(F)(F)F)cc3)cccc2[cH-]1.[Cl][Zr+2][Cl]. The molecule has 0 spiro atoms. The molecule has 0 heterocycles. The fourth-order valence-corrected chi connectivity index (χ4v) is 8.00. The van der Waals surface area contributed by atoms with Gasteiger partial charge in [-0.15, -0.1) is 69.1 Å². The number of benzene rings is 4. The maximum absolute atomic E-state index is 13.2. The van der Waals surface area contributed by atoms with Gasteiger partial charge in [-0.2, -0.15) is 51.6 Å². The molecule has 6 aromatic rings. The molecule has 61 heavy (non-hydrogen) atoms. The Morgan fingerprint density at radius 1 is 0.590 bits per heavy atom. The van der Waals surface area contributed by atoms with Crippen LogP contribution in [0.2, 0.25) is 13.1 Å². The summed E-state index contributed by atoms with van der Waals surface area (Å²) in [5.41, 5.74) is -0.474. The van der Waals surface area contributed by atoms with E-state index >= 15 is 0 Å². The maximum atomic E-state index is 13.2. The number of halogens is 11. The molecule has 0 amide bonds. The van der Waals surface area contributed by atoms with E-state index in [1.54, 1.807) is 36.8 Å². The summed E-state index contributed by atoms with van der Waals surface area (Å²) in [4.78, 5) is 0. The van der Waals surface area contributed by atoms with E-state index < -0.39 is 50.4 Å². The Balaban J connectivity index is 0.000000239. The predicted molar refractivity (Wildman–Crippen MR) is 233 cm³/mol. The van der Waals surface area contributed by atoms with Crippen molar-refractivity contribution in [3.8, 4) is 22.3 Å². The molecule has 0 unspecified atom stereocenters. The fourth-order valence-electron chi connectivity index (χ4n) is 8.00. The molecule has 1 fully saturated rings. The van der Waals surface area contributed by atoms with E-state index in [0.717, 1.165) is 44.4 Å². The van der Waals surface area contributed by atoms with Gasteiger partial charge in [-0.05, 0) is 52.3 Å². The van der Waals surface area contributed by atoms with Gasteiger partial charge in [-0.1, -0.05) is 132 Å². The van der Waals surface area contributed by atoms with E-state index in [9.17, 15) is 39.5 Å². The predicted octanol–water partition coefficient (Wildman–Crippen LogP) is 17.4. The number of hydrogen-bond donors (Lipinski definition) is 0. The molecule has 13 heteroatoms. The van der Waals surface area contributed by atoms with Crippen molar-refractivity contribution in [3.63, 3.8) is 0 Å². The molecule has 2 radical (unpaired) electrons. The Labute approximate surface area is 374 Å². The Morgan fingerprint density at radius 2 is 0.984 bits per heavy atom. The van der Waals surface area contributed by atoms with E-state index in [1.807, 2.05) is 6.07 Å². The van der Waals surface area contributed by atoms with E-state index in [0.29, 0.717) is 10.9 Å². The van der Waals surface area contributed by atoms with Crippen LogP contribution in [0, 0.1) is 12.8 Å². The van der Waals surface area contributed by atoms with Gasteiger partial charge in [-0.3, -0.25) is 0 Å². The van der Waals surface area contributed by atoms with Crippen molar-refractivity contribution < 1.29 is 60.4 Å². The van der Waals surface area contributed by atoms with Crippen LogP contribution >= 0.6 is 17.0 Å². The topological polar surface area (TPSA) is 0 Å². The molecule has 1 aliphatic rings. The van der Waals surface area contributed by atoms with Crippen LogP contribution in [0.1, 0.15) is 81.5 Å². The zero-order valence-corrected chi connectivity index (χ0v) is 40.0. The van der Waals surface area contributed by atoms with Gasteiger partial charge >= 0.3 is 56.4 Å². The monoisotopic (exact) mass is 984 g/mol. The summed E-state index contributed by atoms with van der Waals surface area (Å²) in [5, 5.41) is 4.30. The van der Waals surface area contributed by atoms with Crippen LogP contribution in [-0.4, -0.2) is 28.0 Å². The minimum absolute atomic E-state index is 0.199. The summed E-state index contributed by atoms with van der Waals surface area (Å²) >= 11 is -0.826. The molecule has 0 N–H and O–H groups in total. The number of hydrogen-bond acceptors (Lipinski definition) is 0. The van der Waals surface area contributed by atoms with Crippen molar-refractivity contribution in [1.29, 1.82) is 0 Å². The van der Waals surface area contributed by atoms with Gasteiger partial charge in [0.2, 0.25) is 0 Å². The van der Waals surface area contributed by atoms with E-state index in [2.05, 4.69) is 95.4 Å². The summed E-state index contributed by atoms with van der Waals surface area (Å²) in [6.45, 7) is 15.3. The molecule has 0 nitrogen and oxygen atoms in total. The summed E-state index contributed by atoms with van der Waals surface area (Å²) in [6.07, 6.45) is -14.4. The molecule has 0 bridgehead atoms. The zero-order chi connectivity index (χ0) is 45.6. The standard InChI is InChI=1S/C26H31.C20H12F9.C2H6Si.2ClH.Zr/c1-18-8-10-19(11-9-18)22-16-21-6-5-7-24(25(21)17-22)20-12-14-23(15-13-20)26(2,3)4;1-11-9-13-3-2-4-15(16(13)10-11)12-5-7-14(8-6-12)17(18(21,22)23,19(24,25)26)20(27,28)29;1-3-2;;;/h5-7,12-19H,8-11H2,1-4H3;2-10H,1H3;1-2H3;2*1H;/q2*-1;;;;+4/p-2. The number of aryl methyl sites for hydroxylation is 1. The fraction of sp³-hybridized carbons (Fsp3) is 0.375. The quantitative estimate of drug-likeness (QED) is 0.0938. The van der Waals surface area contributed by atoms with Gasteiger partial charge in [0.25, 0.3) is 5.41 Å². The van der Waals surface area contributed by atoms with Gasteiger partial charge in [0, 0.05) is 9.52 Å². The zero-order valence-electron chi connectivity index (χ0n) is 35.0. The van der Waals surface area contributed by atoms with Crippen molar-refractivity contribution in [3.05, 3.63) is 131 Å². The minimum atomic E-state index is -6.63. The normalized spacial score (nSPS) is 16.1. The van der Waals surface area contributed by atoms with Gasteiger partial charge in [0.15, 0.2) is 0 Å². The summed E-state index contributed by atoms with van der Waals surface area (Å²) in [6, 6.07) is 31.6. The third-order valence-corrected chi connectivity index (χ3v) is 11.1. The number of fused-ring (bicyclic) bond motifs is 2. The van der Waals surface area contributed by atoms with E-state index in [1.165, 1.54) is 53.1 Å². The third-order valence-electron chi connectivity index (χ3n) is 11.1. The van der Waals surface area contributed by atoms with Crippen LogP contribution in [0.5, 0.6) is 0 Å². The third kappa shape index (κ3) is 11.6. The van der Waals surface area contributed by atoms with E-state index in [4.69, 9.17) is 17.0 Å². The average Bonchev–Trinajstić information content (AvgIpc) is 3.78. The van der Waals surface area contributed by atoms with Gasteiger partial charge < -0.3 is 0 Å². The Kier molecular flexibility index (Phi) is 17.3. The summed E-state index contributed by atoms with van der Waals surface area (Å²) in [7, 11) is 11.0. The van der Waals surface area contributed by atoms with Crippen molar-refractivity contribution >= 4 is 48.1 Å². The first kappa shape index (κ1) is 50.8. The molecule has 7 rings (SSSR count). The molecule has 0 saturated heterocycles. The van der Waals surface area contributed by atoms with Crippen LogP contribution in [0.4, 0.5) is 39.5 Å². The molecule has 0 aromatic heterocycles. The Hall–Kier alpha value is -2.85. The first-order valence-corrected chi connectivity index (χ1v) is 28.1. The van der Waals surface area contributed by atoms with Crippen molar-refractivity contribution in [2.75, 3.05) is 0 Å². The van der Waals surface area contributed by atoms with Crippen LogP contribution in [-0.2, 0) is 31.7 Å². The van der Waals surface area contributed by atoms with Crippen LogP contribution in [0.3, 0.4) is 0 Å². The second-order valence-corrected chi connectivity index (χ2v) is 21.3. The second-order valence-electron chi connectivity index (χ2n) is 16.6. The van der Waals surface area contributed by atoms with Crippen molar-refractivity contribution in [1.82, 2.24) is 0 Å². The molecule has 0 atom stereocenters. The molecule has 1 saturated carbocycles. The number of rotatable bonds is 4. The Bertz CT molecular complexity index is 2250. The second kappa shape index (κ2) is 20.8. The summed E-state index contributed by atoms with van der Waals surface area (Å²) < 4.78 is 119. The van der Waals surface area contributed by atoms with Crippen molar-refractivity contribution in [2.45, 2.75) is 109 Å². The van der Waals surface area contributed by atoms with Crippen LogP contribution < -0.4 is 0 Å². The first-order valence-electron chi connectivity index (χ1n) is 19.8. The first-order chi connectivity index (χ1) is 28.4. The molecular formula is C48H49Cl2F9SiZr. The van der Waals surface area contributed by atoms with Gasteiger partial charge in [-0.25, -0.2) is 0 Å². The van der Waals surface area contributed by atoms with Crippen LogP contribution in [0.25, 0.3) is 43.8 Å². The van der Waals surface area contributed by atoms with Crippen LogP contribution in [0.15, 0.2) is 109 Å². The molecule has 6 aromatic carbocycles. The van der Waals surface area contributed by atoms with Gasteiger partial charge in [0.05, 0.1) is 0 Å². The molecular weight excluding hydrogens is 938 g/mol. The van der Waals surface area contributed by atoms with Gasteiger partial charge in [0.1, 0.15) is 0 Å². The summed E-state index contributed by atoms with van der Waals surface area (Å²) in [5.74, 6) is 1.67.